The normalized spacial score (nSPS) is 12.3. The number of aliphatic imine (C=N–C) groups is 1. The Bertz CT molecular complexity index is 719. The molecular formula is C17H19F3N4. The SMILES string of the molecule is Cc1cc(CN=C(N)NCc2cccc(C(F)(F)F)c2)cc(C)n1. The van der Waals surface area contributed by atoms with Gasteiger partial charge in [0.2, 0.25) is 0 Å². The molecule has 2 rings (SSSR count). The molecule has 0 saturated heterocycles. The van der Waals surface area contributed by atoms with E-state index in [0.717, 1.165) is 29.1 Å². The molecule has 1 aromatic carbocycles. The molecular weight excluding hydrogens is 317 g/mol. The van der Waals surface area contributed by atoms with E-state index in [9.17, 15) is 13.2 Å². The summed E-state index contributed by atoms with van der Waals surface area (Å²) >= 11 is 0. The largest absolute Gasteiger partial charge is 0.416 e. The Labute approximate surface area is 138 Å². The first kappa shape index (κ1) is 17.8. The molecule has 0 spiro atoms. The third-order valence-corrected chi connectivity index (χ3v) is 3.30. The summed E-state index contributed by atoms with van der Waals surface area (Å²) in [6.45, 7) is 4.35. The van der Waals surface area contributed by atoms with Gasteiger partial charge in [0, 0.05) is 17.9 Å². The van der Waals surface area contributed by atoms with Gasteiger partial charge in [0.15, 0.2) is 5.96 Å². The van der Waals surface area contributed by atoms with Gasteiger partial charge in [-0.25, -0.2) is 4.99 Å². The molecule has 0 bridgehead atoms. The maximum atomic E-state index is 12.7. The monoisotopic (exact) mass is 336 g/mol. The molecule has 1 heterocycles. The third kappa shape index (κ3) is 5.26. The molecule has 4 nitrogen and oxygen atoms in total. The highest BCUT2D eigenvalue weighted by Crippen LogP contribution is 2.29. The summed E-state index contributed by atoms with van der Waals surface area (Å²) in [6, 6.07) is 8.93. The Morgan fingerprint density at radius 2 is 1.79 bits per heavy atom. The van der Waals surface area contributed by atoms with Crippen molar-refractivity contribution < 1.29 is 13.2 Å². The molecule has 0 radical (unpaired) electrons. The molecule has 24 heavy (non-hydrogen) atoms. The van der Waals surface area contributed by atoms with Crippen LogP contribution in [-0.4, -0.2) is 10.9 Å². The van der Waals surface area contributed by atoms with E-state index in [-0.39, 0.29) is 12.5 Å². The van der Waals surface area contributed by atoms with Crippen LogP contribution >= 0.6 is 0 Å². The van der Waals surface area contributed by atoms with E-state index in [1.807, 2.05) is 26.0 Å². The van der Waals surface area contributed by atoms with Gasteiger partial charge in [-0.1, -0.05) is 12.1 Å². The van der Waals surface area contributed by atoms with Crippen LogP contribution in [0.5, 0.6) is 0 Å². The minimum Gasteiger partial charge on any atom is -0.370 e. The van der Waals surface area contributed by atoms with E-state index in [4.69, 9.17) is 5.73 Å². The van der Waals surface area contributed by atoms with Gasteiger partial charge in [0.05, 0.1) is 12.1 Å². The van der Waals surface area contributed by atoms with Crippen LogP contribution in [0.2, 0.25) is 0 Å². The fourth-order valence-electron chi connectivity index (χ4n) is 2.29. The zero-order valence-electron chi connectivity index (χ0n) is 13.5. The Kier molecular flexibility index (Phi) is 5.43. The van der Waals surface area contributed by atoms with Gasteiger partial charge in [0.25, 0.3) is 0 Å². The van der Waals surface area contributed by atoms with E-state index >= 15 is 0 Å². The van der Waals surface area contributed by atoms with E-state index in [1.54, 1.807) is 6.07 Å². The molecule has 2 aromatic rings. The Balaban J connectivity index is 1.96. The number of pyridine rings is 1. The van der Waals surface area contributed by atoms with Crippen LogP contribution in [0.15, 0.2) is 41.4 Å². The number of benzene rings is 1. The van der Waals surface area contributed by atoms with Gasteiger partial charge in [0.1, 0.15) is 0 Å². The number of nitrogens with zero attached hydrogens (tertiary/aromatic N) is 2. The van der Waals surface area contributed by atoms with Crippen molar-refractivity contribution >= 4 is 5.96 Å². The molecule has 0 aliphatic carbocycles. The van der Waals surface area contributed by atoms with Gasteiger partial charge in [-0.05, 0) is 49.2 Å². The van der Waals surface area contributed by atoms with Crippen molar-refractivity contribution in [3.8, 4) is 0 Å². The number of nitrogens with one attached hydrogen (secondary N) is 1. The van der Waals surface area contributed by atoms with Crippen molar-refractivity contribution in [1.82, 2.24) is 10.3 Å². The number of nitrogens with two attached hydrogens (primary N) is 1. The van der Waals surface area contributed by atoms with Crippen LogP contribution < -0.4 is 11.1 Å². The van der Waals surface area contributed by atoms with Crippen LogP contribution in [0.4, 0.5) is 13.2 Å². The molecule has 128 valence electrons. The molecule has 0 fully saturated rings. The second-order valence-electron chi connectivity index (χ2n) is 5.51. The van der Waals surface area contributed by atoms with Crippen LogP contribution in [-0.2, 0) is 19.3 Å². The summed E-state index contributed by atoms with van der Waals surface area (Å²) in [4.78, 5) is 8.47. The van der Waals surface area contributed by atoms with Crippen molar-refractivity contribution in [2.45, 2.75) is 33.1 Å². The van der Waals surface area contributed by atoms with E-state index < -0.39 is 11.7 Å². The lowest BCUT2D eigenvalue weighted by atomic mass is 10.1. The number of hydrogen-bond donors (Lipinski definition) is 2. The molecule has 0 aliphatic rings. The fraction of sp³-hybridized carbons (Fsp3) is 0.294. The van der Waals surface area contributed by atoms with Crippen LogP contribution in [0, 0.1) is 13.8 Å². The van der Waals surface area contributed by atoms with Crippen molar-refractivity contribution in [1.29, 1.82) is 0 Å². The molecule has 0 amide bonds. The second-order valence-corrected chi connectivity index (χ2v) is 5.51. The Hall–Kier alpha value is -2.57. The third-order valence-electron chi connectivity index (χ3n) is 3.30. The lowest BCUT2D eigenvalue weighted by molar-refractivity contribution is -0.137. The zero-order valence-corrected chi connectivity index (χ0v) is 13.5. The summed E-state index contributed by atoms with van der Waals surface area (Å²) in [7, 11) is 0. The highest BCUT2D eigenvalue weighted by atomic mass is 19.4. The summed E-state index contributed by atoms with van der Waals surface area (Å²) in [5.41, 5.74) is 8.35. The predicted octanol–water partition coefficient (Wildman–Crippen LogP) is 3.32. The number of guanidine groups is 1. The second kappa shape index (κ2) is 7.33. The van der Waals surface area contributed by atoms with Gasteiger partial charge >= 0.3 is 6.18 Å². The molecule has 7 heteroatoms. The van der Waals surface area contributed by atoms with Crippen molar-refractivity contribution in [3.63, 3.8) is 0 Å². The summed E-state index contributed by atoms with van der Waals surface area (Å²) in [5.74, 6) is 0.180. The number of aryl methyl sites for hydroxylation is 2. The van der Waals surface area contributed by atoms with Gasteiger partial charge in [-0.3, -0.25) is 4.98 Å². The average Bonchev–Trinajstić information content (AvgIpc) is 2.49. The standard InChI is InChI=1S/C17H19F3N4/c1-11-6-14(7-12(2)24-11)10-23-16(21)22-9-13-4-3-5-15(8-13)17(18,19)20/h3-8H,9-10H2,1-2H3,(H3,21,22,23). The molecule has 3 N–H and O–H groups in total. The highest BCUT2D eigenvalue weighted by molar-refractivity contribution is 5.77. The Morgan fingerprint density at radius 3 is 2.42 bits per heavy atom. The smallest absolute Gasteiger partial charge is 0.370 e. The van der Waals surface area contributed by atoms with Crippen molar-refractivity contribution in [2.75, 3.05) is 0 Å². The highest BCUT2D eigenvalue weighted by Gasteiger charge is 2.30. The quantitative estimate of drug-likeness (QED) is 0.665. The lowest BCUT2D eigenvalue weighted by Crippen LogP contribution is -2.31. The number of rotatable bonds is 4. The molecule has 0 saturated carbocycles. The summed E-state index contributed by atoms with van der Waals surface area (Å²) in [5, 5.41) is 2.82. The minimum atomic E-state index is -4.35. The molecule has 0 atom stereocenters. The van der Waals surface area contributed by atoms with Crippen molar-refractivity contribution in [3.05, 3.63) is 64.5 Å². The van der Waals surface area contributed by atoms with E-state index in [2.05, 4.69) is 15.3 Å². The Morgan fingerprint density at radius 1 is 1.12 bits per heavy atom. The number of alkyl halides is 3. The van der Waals surface area contributed by atoms with Crippen LogP contribution in [0.25, 0.3) is 0 Å². The van der Waals surface area contributed by atoms with Crippen LogP contribution in [0.3, 0.4) is 0 Å². The van der Waals surface area contributed by atoms with Gasteiger partial charge < -0.3 is 11.1 Å². The molecule has 0 aliphatic heterocycles. The maximum absolute atomic E-state index is 12.7. The van der Waals surface area contributed by atoms with E-state index in [1.165, 1.54) is 6.07 Å². The van der Waals surface area contributed by atoms with Crippen molar-refractivity contribution in [2.24, 2.45) is 10.7 Å². The molecule has 1 aromatic heterocycles. The number of aromatic nitrogens is 1. The maximum Gasteiger partial charge on any atom is 0.416 e. The number of hydrogen-bond acceptors (Lipinski definition) is 2. The predicted molar refractivity (Wildman–Crippen MR) is 87.3 cm³/mol. The van der Waals surface area contributed by atoms with Crippen LogP contribution in [0.1, 0.15) is 28.1 Å². The van der Waals surface area contributed by atoms with Gasteiger partial charge in [-0.2, -0.15) is 13.2 Å². The lowest BCUT2D eigenvalue weighted by Gasteiger charge is -2.10. The number of halogens is 3. The first-order valence-corrected chi connectivity index (χ1v) is 7.38. The first-order valence-electron chi connectivity index (χ1n) is 7.38. The summed E-state index contributed by atoms with van der Waals surface area (Å²) < 4.78 is 38.0. The average molecular weight is 336 g/mol. The topological polar surface area (TPSA) is 63.3 Å². The first-order chi connectivity index (χ1) is 11.2. The molecule has 0 unspecified atom stereocenters. The zero-order chi connectivity index (χ0) is 17.7. The van der Waals surface area contributed by atoms with E-state index in [0.29, 0.717) is 12.1 Å². The fourth-order valence-corrected chi connectivity index (χ4v) is 2.29. The summed E-state index contributed by atoms with van der Waals surface area (Å²) in [6.07, 6.45) is -4.35. The minimum absolute atomic E-state index is 0.174. The van der Waals surface area contributed by atoms with Gasteiger partial charge in [-0.15, -0.1) is 0 Å².